The van der Waals surface area contributed by atoms with Crippen molar-refractivity contribution < 1.29 is 18.7 Å². The Bertz CT molecular complexity index is 959. The molecule has 30 heavy (non-hydrogen) atoms. The lowest BCUT2D eigenvalue weighted by atomic mass is 10.0. The Hall–Kier alpha value is -2.86. The molecular weight excluding hydrogens is 383 g/mol. The second kappa shape index (κ2) is 8.11. The Kier molecular flexibility index (Phi) is 5.17. The third-order valence-corrected chi connectivity index (χ3v) is 6.09. The van der Waals surface area contributed by atoms with E-state index in [0.29, 0.717) is 13.2 Å². The molecule has 3 aliphatic heterocycles. The van der Waals surface area contributed by atoms with Crippen molar-refractivity contribution >= 4 is 11.5 Å². The number of hydrogen-bond acceptors (Lipinski definition) is 4. The number of benzene rings is 2. The van der Waals surface area contributed by atoms with Crippen LogP contribution in [0.1, 0.15) is 18.4 Å². The summed E-state index contributed by atoms with van der Waals surface area (Å²) in [4.78, 5) is 17.0. The van der Waals surface area contributed by atoms with Crippen molar-refractivity contribution in [1.82, 2.24) is 9.80 Å². The van der Waals surface area contributed by atoms with Gasteiger partial charge in [-0.3, -0.25) is 9.69 Å². The van der Waals surface area contributed by atoms with Crippen LogP contribution in [-0.4, -0.2) is 60.6 Å². The second-order valence-electron chi connectivity index (χ2n) is 8.20. The van der Waals surface area contributed by atoms with Gasteiger partial charge in [0.05, 0.1) is 0 Å². The molecule has 6 heteroatoms. The molecule has 0 radical (unpaired) electrons. The first-order valence-electron chi connectivity index (χ1n) is 10.5. The van der Waals surface area contributed by atoms with Gasteiger partial charge in [-0.25, -0.2) is 4.39 Å². The van der Waals surface area contributed by atoms with Crippen LogP contribution in [0.2, 0.25) is 0 Å². The van der Waals surface area contributed by atoms with E-state index in [1.54, 1.807) is 18.2 Å². The van der Waals surface area contributed by atoms with Gasteiger partial charge in [-0.1, -0.05) is 24.3 Å². The lowest BCUT2D eigenvalue weighted by Gasteiger charge is -2.39. The zero-order valence-corrected chi connectivity index (χ0v) is 16.8. The van der Waals surface area contributed by atoms with E-state index < -0.39 is 0 Å². The van der Waals surface area contributed by atoms with Crippen LogP contribution in [0.4, 0.5) is 4.39 Å². The van der Waals surface area contributed by atoms with Crippen LogP contribution in [0.25, 0.3) is 5.57 Å². The van der Waals surface area contributed by atoms with E-state index in [9.17, 15) is 9.18 Å². The number of para-hydroxylation sites is 2. The fourth-order valence-electron chi connectivity index (χ4n) is 4.58. The van der Waals surface area contributed by atoms with Gasteiger partial charge in [0, 0.05) is 31.8 Å². The molecule has 2 unspecified atom stereocenters. The molecule has 0 N–H and O–H groups in total. The quantitative estimate of drug-likeness (QED) is 0.778. The number of likely N-dealkylation sites (tertiary alicyclic amines) is 1. The Morgan fingerprint density at radius 1 is 1.07 bits per heavy atom. The highest BCUT2D eigenvalue weighted by Crippen LogP contribution is 2.32. The molecule has 3 aliphatic rings. The van der Waals surface area contributed by atoms with Crippen molar-refractivity contribution in [1.29, 1.82) is 0 Å². The number of amides is 1. The number of rotatable bonds is 4. The van der Waals surface area contributed by atoms with E-state index in [1.165, 1.54) is 12.1 Å². The number of carbonyl (C=O) groups excluding carboxylic acids is 1. The monoisotopic (exact) mass is 408 g/mol. The first-order chi connectivity index (χ1) is 14.7. The molecule has 2 aromatic carbocycles. The minimum atomic E-state index is -0.264. The summed E-state index contributed by atoms with van der Waals surface area (Å²) in [6.45, 7) is 3.73. The molecule has 5 nitrogen and oxygen atoms in total. The molecule has 156 valence electrons. The van der Waals surface area contributed by atoms with Gasteiger partial charge in [-0.15, -0.1) is 0 Å². The van der Waals surface area contributed by atoms with Crippen molar-refractivity contribution in [3.63, 3.8) is 0 Å². The van der Waals surface area contributed by atoms with E-state index >= 15 is 0 Å². The molecule has 3 heterocycles. The maximum Gasteiger partial charge on any atom is 0.247 e. The fourth-order valence-corrected chi connectivity index (χ4v) is 4.58. The summed E-state index contributed by atoms with van der Waals surface area (Å²) >= 11 is 0. The summed E-state index contributed by atoms with van der Waals surface area (Å²) in [5.74, 6) is 1.38. The molecular formula is C24H25FN2O3. The van der Waals surface area contributed by atoms with Crippen molar-refractivity contribution in [3.8, 4) is 11.5 Å². The molecule has 5 rings (SSSR count). The molecule has 1 saturated heterocycles. The second-order valence-corrected chi connectivity index (χ2v) is 8.20. The summed E-state index contributed by atoms with van der Waals surface area (Å²) in [6, 6.07) is 14.3. The minimum Gasteiger partial charge on any atom is -0.486 e. The standard InChI is InChI=1S/C24H25FN2O3/c25-19-9-7-17(8-10-19)18-12-24(28)27(13-18)20-4-3-11-26(14-20)15-21-16-29-22-5-1-2-6-23(22)30-21/h1-2,5-10,12,20-21H,3-4,11,13-16H2. The van der Waals surface area contributed by atoms with Crippen LogP contribution in [0.15, 0.2) is 54.6 Å². The van der Waals surface area contributed by atoms with Crippen molar-refractivity contribution in [3.05, 3.63) is 66.0 Å². The summed E-state index contributed by atoms with van der Waals surface area (Å²) in [5, 5.41) is 0. The number of carbonyl (C=O) groups is 1. The molecule has 0 spiro atoms. The Labute approximate surface area is 175 Å². The van der Waals surface area contributed by atoms with Gasteiger partial charge in [0.1, 0.15) is 18.5 Å². The van der Waals surface area contributed by atoms with E-state index in [1.807, 2.05) is 29.2 Å². The summed E-state index contributed by atoms with van der Waals surface area (Å²) in [5.41, 5.74) is 1.86. The Balaban J connectivity index is 1.20. The van der Waals surface area contributed by atoms with Gasteiger partial charge >= 0.3 is 0 Å². The third-order valence-electron chi connectivity index (χ3n) is 6.09. The van der Waals surface area contributed by atoms with Crippen LogP contribution >= 0.6 is 0 Å². The maximum absolute atomic E-state index is 13.2. The van der Waals surface area contributed by atoms with Gasteiger partial charge in [-0.2, -0.15) is 0 Å². The number of piperidine rings is 1. The van der Waals surface area contributed by atoms with Gasteiger partial charge in [0.15, 0.2) is 11.5 Å². The molecule has 1 fully saturated rings. The summed E-state index contributed by atoms with van der Waals surface area (Å²) in [7, 11) is 0. The lowest BCUT2D eigenvalue weighted by molar-refractivity contribution is -0.127. The summed E-state index contributed by atoms with van der Waals surface area (Å²) < 4.78 is 25.2. The van der Waals surface area contributed by atoms with E-state index in [2.05, 4.69) is 4.90 Å². The SMILES string of the molecule is O=C1C=C(c2ccc(F)cc2)CN1C1CCCN(CC2COc3ccccc3O2)C1. The van der Waals surface area contributed by atoms with Crippen LogP contribution in [0.5, 0.6) is 11.5 Å². The largest absolute Gasteiger partial charge is 0.486 e. The molecule has 0 aromatic heterocycles. The van der Waals surface area contributed by atoms with Gasteiger partial charge in [0.25, 0.3) is 0 Å². The molecule has 0 bridgehead atoms. The Morgan fingerprint density at radius 2 is 1.87 bits per heavy atom. The highest BCUT2D eigenvalue weighted by molar-refractivity contribution is 6.00. The van der Waals surface area contributed by atoms with Gasteiger partial charge < -0.3 is 14.4 Å². The molecule has 2 atom stereocenters. The van der Waals surface area contributed by atoms with Crippen LogP contribution in [0.3, 0.4) is 0 Å². The molecule has 0 saturated carbocycles. The number of halogens is 1. The zero-order chi connectivity index (χ0) is 20.5. The van der Waals surface area contributed by atoms with Crippen LogP contribution in [-0.2, 0) is 4.79 Å². The first-order valence-corrected chi connectivity index (χ1v) is 10.5. The van der Waals surface area contributed by atoms with Crippen molar-refractivity contribution in [2.75, 3.05) is 32.8 Å². The predicted octanol–water partition coefficient (Wildman–Crippen LogP) is 3.36. The highest BCUT2D eigenvalue weighted by Gasteiger charge is 2.33. The van der Waals surface area contributed by atoms with E-state index in [4.69, 9.17) is 9.47 Å². The van der Waals surface area contributed by atoms with Gasteiger partial charge in [0.2, 0.25) is 5.91 Å². The van der Waals surface area contributed by atoms with Crippen LogP contribution in [0, 0.1) is 5.82 Å². The predicted molar refractivity (Wildman–Crippen MR) is 112 cm³/mol. The number of fused-ring (bicyclic) bond motifs is 1. The molecule has 0 aliphatic carbocycles. The molecule has 2 aromatic rings. The molecule has 1 amide bonds. The number of nitrogens with zero attached hydrogens (tertiary/aromatic N) is 2. The maximum atomic E-state index is 13.2. The smallest absolute Gasteiger partial charge is 0.247 e. The number of hydrogen-bond donors (Lipinski definition) is 0. The topological polar surface area (TPSA) is 42.0 Å². The fraction of sp³-hybridized carbons (Fsp3) is 0.375. The van der Waals surface area contributed by atoms with E-state index in [-0.39, 0.29) is 23.9 Å². The zero-order valence-electron chi connectivity index (χ0n) is 16.8. The summed E-state index contributed by atoms with van der Waals surface area (Å²) in [6.07, 6.45) is 3.73. The average molecular weight is 408 g/mol. The highest BCUT2D eigenvalue weighted by atomic mass is 19.1. The first kappa shape index (κ1) is 19.1. The average Bonchev–Trinajstić information content (AvgIpc) is 3.16. The number of ether oxygens (including phenoxy) is 2. The van der Waals surface area contributed by atoms with Crippen LogP contribution < -0.4 is 9.47 Å². The third kappa shape index (κ3) is 3.92. The van der Waals surface area contributed by atoms with Crippen molar-refractivity contribution in [2.24, 2.45) is 0 Å². The van der Waals surface area contributed by atoms with Gasteiger partial charge in [-0.05, 0) is 54.8 Å². The lowest BCUT2D eigenvalue weighted by Crippen LogP contribution is -2.51. The van der Waals surface area contributed by atoms with Crippen molar-refractivity contribution in [2.45, 2.75) is 25.0 Å². The minimum absolute atomic E-state index is 0.0131. The van der Waals surface area contributed by atoms with E-state index in [0.717, 1.165) is 55.1 Å². The Morgan fingerprint density at radius 3 is 2.70 bits per heavy atom. The normalized spacial score (nSPS) is 24.1.